The van der Waals surface area contributed by atoms with Crippen LogP contribution < -0.4 is 0 Å². The molecule has 0 spiro atoms. The van der Waals surface area contributed by atoms with Gasteiger partial charge < -0.3 is 4.81 Å². The fraction of sp³-hybridized carbons (Fsp3) is 1.00. The maximum Gasteiger partial charge on any atom is 0.183 e. The van der Waals surface area contributed by atoms with Crippen molar-refractivity contribution in [2.45, 2.75) is 85.6 Å². The molecular formula is C13H29BN2. The summed E-state index contributed by atoms with van der Waals surface area (Å²) in [7, 11) is 6.07. The number of rotatable bonds is 1. The molecule has 94 valence electrons. The molecule has 1 fully saturated rings. The molecule has 1 saturated heterocycles. The van der Waals surface area contributed by atoms with Crippen molar-refractivity contribution in [3.63, 3.8) is 0 Å². The van der Waals surface area contributed by atoms with Crippen molar-refractivity contribution in [2.75, 3.05) is 0 Å². The summed E-state index contributed by atoms with van der Waals surface area (Å²) in [4.78, 5) is 4.58. The zero-order valence-electron chi connectivity index (χ0n) is 12.4. The molecule has 0 aromatic rings. The lowest BCUT2D eigenvalue weighted by Gasteiger charge is -2.53. The summed E-state index contributed by atoms with van der Waals surface area (Å²) in [6.45, 7) is 17.5. The molecule has 1 aliphatic rings. The standard InChI is InChI=1S/C11H23BN2.C2H6/c1-7(2)13-8(3)10(5)14(12)11(6)9(13)4;1-2/h7-11H,1-6H3;1-2H3. The van der Waals surface area contributed by atoms with E-state index in [-0.39, 0.29) is 0 Å². The summed E-state index contributed by atoms with van der Waals surface area (Å²) in [6.07, 6.45) is 0. The molecule has 0 amide bonds. The lowest BCUT2D eigenvalue weighted by atomic mass is 9.90. The SMILES string of the molecule is CC.[B]N1C(C)C(C)N(C(C)C)C(C)C1C. The minimum Gasteiger partial charge on any atom is -0.346 e. The minimum absolute atomic E-state index is 0.434. The topological polar surface area (TPSA) is 6.48 Å². The molecule has 16 heavy (non-hydrogen) atoms. The fourth-order valence-electron chi connectivity index (χ4n) is 2.68. The first-order valence-electron chi connectivity index (χ1n) is 6.68. The highest BCUT2D eigenvalue weighted by Crippen LogP contribution is 2.26. The van der Waals surface area contributed by atoms with E-state index in [1.807, 2.05) is 18.7 Å². The highest BCUT2D eigenvalue weighted by Gasteiger charge is 2.38. The molecule has 4 unspecified atom stereocenters. The molecular weight excluding hydrogens is 195 g/mol. The summed E-state index contributed by atoms with van der Waals surface area (Å²) in [6, 6.07) is 2.53. The zero-order valence-corrected chi connectivity index (χ0v) is 12.4. The van der Waals surface area contributed by atoms with Gasteiger partial charge in [0.2, 0.25) is 0 Å². The second-order valence-electron chi connectivity index (χ2n) is 4.95. The average molecular weight is 224 g/mol. The molecule has 3 heteroatoms. The summed E-state index contributed by atoms with van der Waals surface area (Å²) in [5.41, 5.74) is 0. The van der Waals surface area contributed by atoms with Crippen LogP contribution in [0.4, 0.5) is 0 Å². The smallest absolute Gasteiger partial charge is 0.183 e. The van der Waals surface area contributed by atoms with Gasteiger partial charge in [-0.15, -0.1) is 0 Å². The quantitative estimate of drug-likeness (QED) is 0.632. The molecule has 0 aromatic heterocycles. The van der Waals surface area contributed by atoms with Crippen molar-refractivity contribution in [3.05, 3.63) is 0 Å². The second-order valence-corrected chi connectivity index (χ2v) is 4.95. The van der Waals surface area contributed by atoms with E-state index in [9.17, 15) is 0 Å². The van der Waals surface area contributed by atoms with E-state index < -0.39 is 0 Å². The van der Waals surface area contributed by atoms with Gasteiger partial charge in [-0.25, -0.2) is 0 Å². The Morgan fingerprint density at radius 1 is 0.812 bits per heavy atom. The minimum atomic E-state index is 0.434. The lowest BCUT2D eigenvalue weighted by molar-refractivity contribution is -0.0148. The van der Waals surface area contributed by atoms with Crippen LogP contribution in [-0.4, -0.2) is 47.9 Å². The first-order valence-corrected chi connectivity index (χ1v) is 6.68. The maximum atomic E-state index is 6.07. The first kappa shape index (κ1) is 16.0. The van der Waals surface area contributed by atoms with Gasteiger partial charge in [0.05, 0.1) is 0 Å². The molecule has 0 N–H and O–H groups in total. The van der Waals surface area contributed by atoms with Gasteiger partial charge in [0.1, 0.15) is 0 Å². The normalized spacial score (nSPS) is 37.1. The van der Waals surface area contributed by atoms with Gasteiger partial charge in [-0.05, 0) is 41.5 Å². The van der Waals surface area contributed by atoms with Crippen LogP contribution in [0.5, 0.6) is 0 Å². The highest BCUT2D eigenvalue weighted by molar-refractivity contribution is 6.05. The van der Waals surface area contributed by atoms with E-state index in [0.717, 1.165) is 0 Å². The predicted octanol–water partition coefficient (Wildman–Crippen LogP) is 2.68. The number of hydrogen-bond donors (Lipinski definition) is 0. The Hall–Kier alpha value is -0.0151. The third-order valence-corrected chi connectivity index (χ3v) is 3.87. The predicted molar refractivity (Wildman–Crippen MR) is 73.8 cm³/mol. The van der Waals surface area contributed by atoms with Crippen molar-refractivity contribution < 1.29 is 0 Å². The van der Waals surface area contributed by atoms with Crippen LogP contribution in [0.15, 0.2) is 0 Å². The van der Waals surface area contributed by atoms with Crippen LogP contribution in [0, 0.1) is 0 Å². The van der Waals surface area contributed by atoms with Gasteiger partial charge in [-0.2, -0.15) is 0 Å². The summed E-state index contributed by atoms with van der Waals surface area (Å²) in [5.74, 6) is 0. The number of hydrogen-bond acceptors (Lipinski definition) is 2. The number of nitrogens with zero attached hydrogens (tertiary/aromatic N) is 2. The van der Waals surface area contributed by atoms with Crippen molar-refractivity contribution in [3.8, 4) is 0 Å². The monoisotopic (exact) mass is 224 g/mol. The van der Waals surface area contributed by atoms with Crippen molar-refractivity contribution in [2.24, 2.45) is 0 Å². The van der Waals surface area contributed by atoms with Gasteiger partial charge in [0.25, 0.3) is 0 Å². The van der Waals surface area contributed by atoms with Crippen molar-refractivity contribution in [1.29, 1.82) is 0 Å². The van der Waals surface area contributed by atoms with Crippen LogP contribution in [0.1, 0.15) is 55.4 Å². The van der Waals surface area contributed by atoms with Gasteiger partial charge in [-0.3, -0.25) is 4.90 Å². The lowest BCUT2D eigenvalue weighted by Crippen LogP contribution is -2.66. The van der Waals surface area contributed by atoms with Gasteiger partial charge in [0, 0.05) is 30.2 Å². The Labute approximate surface area is 104 Å². The zero-order chi connectivity index (χ0) is 13.0. The van der Waals surface area contributed by atoms with Gasteiger partial charge >= 0.3 is 0 Å². The van der Waals surface area contributed by atoms with Crippen molar-refractivity contribution in [1.82, 2.24) is 9.71 Å². The number of piperazine rings is 1. The van der Waals surface area contributed by atoms with Crippen LogP contribution in [0.2, 0.25) is 0 Å². The van der Waals surface area contributed by atoms with Crippen LogP contribution >= 0.6 is 0 Å². The Morgan fingerprint density at radius 3 is 1.38 bits per heavy atom. The first-order chi connectivity index (χ1) is 7.37. The van der Waals surface area contributed by atoms with E-state index in [2.05, 4.69) is 46.4 Å². The molecule has 0 aliphatic carbocycles. The Balaban J connectivity index is 0.00000106. The van der Waals surface area contributed by atoms with E-state index in [1.54, 1.807) is 0 Å². The Bertz CT molecular complexity index is 180. The highest BCUT2D eigenvalue weighted by atomic mass is 15.3. The molecule has 0 aromatic carbocycles. The molecule has 1 heterocycles. The molecule has 0 saturated carbocycles. The molecule has 1 rings (SSSR count). The summed E-state index contributed by atoms with van der Waals surface area (Å²) < 4.78 is 0. The molecule has 0 bridgehead atoms. The van der Waals surface area contributed by atoms with E-state index in [1.165, 1.54) is 0 Å². The average Bonchev–Trinajstić information content (AvgIpc) is 2.26. The molecule has 4 atom stereocenters. The third-order valence-electron chi connectivity index (χ3n) is 3.87. The van der Waals surface area contributed by atoms with Gasteiger partial charge in [0.15, 0.2) is 7.98 Å². The van der Waals surface area contributed by atoms with E-state index in [4.69, 9.17) is 7.98 Å². The maximum absolute atomic E-state index is 6.07. The van der Waals surface area contributed by atoms with Gasteiger partial charge in [-0.1, -0.05) is 13.8 Å². The molecule has 2 radical (unpaired) electrons. The van der Waals surface area contributed by atoms with Crippen LogP contribution in [0.3, 0.4) is 0 Å². The Kier molecular flexibility index (Phi) is 6.65. The van der Waals surface area contributed by atoms with E-state index >= 15 is 0 Å². The van der Waals surface area contributed by atoms with Crippen LogP contribution in [-0.2, 0) is 0 Å². The molecule has 2 nitrogen and oxygen atoms in total. The summed E-state index contributed by atoms with van der Waals surface area (Å²) >= 11 is 0. The second kappa shape index (κ2) is 6.66. The Morgan fingerprint density at radius 2 is 1.12 bits per heavy atom. The largest absolute Gasteiger partial charge is 0.346 e. The van der Waals surface area contributed by atoms with Crippen LogP contribution in [0.25, 0.3) is 0 Å². The summed E-state index contributed by atoms with van der Waals surface area (Å²) in [5, 5.41) is 0. The molecule has 1 aliphatic heterocycles. The van der Waals surface area contributed by atoms with E-state index in [0.29, 0.717) is 30.2 Å². The third kappa shape index (κ3) is 3.01. The fourth-order valence-corrected chi connectivity index (χ4v) is 2.68. The van der Waals surface area contributed by atoms with Crippen molar-refractivity contribution >= 4 is 7.98 Å².